The Morgan fingerprint density at radius 1 is 1.17 bits per heavy atom. The van der Waals surface area contributed by atoms with E-state index in [1.165, 1.54) is 0 Å². The molecule has 1 aromatic carbocycles. The van der Waals surface area contributed by atoms with Gasteiger partial charge >= 0.3 is 0 Å². The molecule has 4 heteroatoms. The number of aromatic nitrogens is 1. The van der Waals surface area contributed by atoms with Crippen molar-refractivity contribution in [2.24, 2.45) is 0 Å². The number of nitrogens with zero attached hydrogens (tertiary/aromatic N) is 1. The van der Waals surface area contributed by atoms with Crippen molar-refractivity contribution in [3.8, 4) is 5.75 Å². The van der Waals surface area contributed by atoms with E-state index >= 15 is 0 Å². The fraction of sp³-hybridized carbons (Fsp3) is 0.368. The molecule has 0 radical (unpaired) electrons. The molecule has 122 valence electrons. The van der Waals surface area contributed by atoms with Crippen molar-refractivity contribution >= 4 is 5.91 Å². The Labute approximate surface area is 137 Å². The van der Waals surface area contributed by atoms with Crippen molar-refractivity contribution in [1.29, 1.82) is 0 Å². The number of rotatable bonds is 7. The molecule has 0 fully saturated rings. The summed E-state index contributed by atoms with van der Waals surface area (Å²) in [6.45, 7) is 5.98. The number of aryl methyl sites for hydroxylation is 1. The highest BCUT2D eigenvalue weighted by molar-refractivity contribution is 5.76. The Morgan fingerprint density at radius 3 is 2.52 bits per heavy atom. The molecule has 0 aliphatic rings. The van der Waals surface area contributed by atoms with Gasteiger partial charge in [-0.25, -0.2) is 0 Å². The number of hydrogen-bond acceptors (Lipinski definition) is 3. The van der Waals surface area contributed by atoms with Crippen LogP contribution in [-0.4, -0.2) is 17.0 Å². The Balaban J connectivity index is 1.83. The largest absolute Gasteiger partial charge is 0.491 e. The Hall–Kier alpha value is -2.36. The van der Waals surface area contributed by atoms with Crippen LogP contribution in [0.25, 0.3) is 0 Å². The molecule has 0 aliphatic heterocycles. The highest BCUT2D eigenvalue weighted by Gasteiger charge is 2.10. The number of benzene rings is 1. The molecule has 2 rings (SSSR count). The summed E-state index contributed by atoms with van der Waals surface area (Å²) in [6, 6.07) is 11.7. The highest BCUT2D eigenvalue weighted by Crippen LogP contribution is 2.18. The number of amides is 1. The lowest BCUT2D eigenvalue weighted by molar-refractivity contribution is -0.121. The number of ether oxygens (including phenoxy) is 1. The first-order valence-electron chi connectivity index (χ1n) is 7.99. The number of hydrogen-bond donors (Lipinski definition) is 1. The van der Waals surface area contributed by atoms with Crippen LogP contribution in [0.1, 0.15) is 44.4 Å². The van der Waals surface area contributed by atoms with Crippen LogP contribution >= 0.6 is 0 Å². The molecule has 1 amide bonds. The molecule has 1 N–H and O–H groups in total. The monoisotopic (exact) mass is 312 g/mol. The second-order valence-corrected chi connectivity index (χ2v) is 5.89. The van der Waals surface area contributed by atoms with E-state index in [0.29, 0.717) is 12.8 Å². The van der Waals surface area contributed by atoms with E-state index in [1.54, 1.807) is 12.4 Å². The summed E-state index contributed by atoms with van der Waals surface area (Å²) in [5, 5.41) is 3.03. The average molecular weight is 312 g/mol. The maximum absolute atomic E-state index is 12.1. The predicted octanol–water partition coefficient (Wildman–Crippen LogP) is 3.68. The van der Waals surface area contributed by atoms with Crippen LogP contribution in [0.3, 0.4) is 0 Å². The molecule has 1 atom stereocenters. The van der Waals surface area contributed by atoms with Crippen molar-refractivity contribution < 1.29 is 9.53 Å². The smallest absolute Gasteiger partial charge is 0.220 e. The van der Waals surface area contributed by atoms with E-state index in [-0.39, 0.29) is 18.1 Å². The second kappa shape index (κ2) is 8.32. The second-order valence-electron chi connectivity index (χ2n) is 5.89. The summed E-state index contributed by atoms with van der Waals surface area (Å²) in [5.41, 5.74) is 2.14. The third kappa shape index (κ3) is 5.74. The molecule has 1 heterocycles. The summed E-state index contributed by atoms with van der Waals surface area (Å²) < 4.78 is 5.62. The number of nitrogens with one attached hydrogen (secondary N) is 1. The molecule has 2 aromatic rings. The Kier molecular flexibility index (Phi) is 6.15. The van der Waals surface area contributed by atoms with Gasteiger partial charge in [0.1, 0.15) is 5.75 Å². The van der Waals surface area contributed by atoms with Crippen LogP contribution in [-0.2, 0) is 11.2 Å². The fourth-order valence-corrected chi connectivity index (χ4v) is 2.31. The summed E-state index contributed by atoms with van der Waals surface area (Å²) in [4.78, 5) is 16.1. The van der Waals surface area contributed by atoms with Gasteiger partial charge in [-0.2, -0.15) is 0 Å². The van der Waals surface area contributed by atoms with Gasteiger partial charge in [-0.15, -0.1) is 0 Å². The highest BCUT2D eigenvalue weighted by atomic mass is 16.5. The van der Waals surface area contributed by atoms with Crippen molar-refractivity contribution in [1.82, 2.24) is 10.3 Å². The zero-order valence-electron chi connectivity index (χ0n) is 14.0. The maximum Gasteiger partial charge on any atom is 0.220 e. The molecular weight excluding hydrogens is 288 g/mol. The number of pyridine rings is 1. The molecule has 0 saturated heterocycles. The van der Waals surface area contributed by atoms with Gasteiger partial charge in [-0.1, -0.05) is 18.2 Å². The molecule has 0 bridgehead atoms. The quantitative estimate of drug-likeness (QED) is 0.848. The van der Waals surface area contributed by atoms with Gasteiger partial charge in [0.15, 0.2) is 0 Å². The van der Waals surface area contributed by atoms with Crippen molar-refractivity contribution in [3.63, 3.8) is 0 Å². The van der Waals surface area contributed by atoms with Crippen LogP contribution in [0.15, 0.2) is 48.8 Å². The minimum absolute atomic E-state index is 0.0236. The molecule has 0 saturated carbocycles. The van der Waals surface area contributed by atoms with E-state index in [0.717, 1.165) is 16.9 Å². The van der Waals surface area contributed by atoms with Crippen LogP contribution in [0.5, 0.6) is 5.75 Å². The predicted molar refractivity (Wildman–Crippen MR) is 91.3 cm³/mol. The zero-order valence-corrected chi connectivity index (χ0v) is 14.0. The van der Waals surface area contributed by atoms with E-state index < -0.39 is 0 Å². The first kappa shape index (κ1) is 17.0. The molecule has 4 nitrogen and oxygen atoms in total. The summed E-state index contributed by atoms with van der Waals surface area (Å²) >= 11 is 0. The van der Waals surface area contributed by atoms with Crippen molar-refractivity contribution in [3.05, 3.63) is 59.9 Å². The first-order chi connectivity index (χ1) is 11.0. The number of carbonyl (C=O) groups excluding carboxylic acids is 1. The van der Waals surface area contributed by atoms with Gasteiger partial charge in [-0.05, 0) is 56.5 Å². The third-order valence-corrected chi connectivity index (χ3v) is 3.49. The molecular formula is C19H24N2O2. The van der Waals surface area contributed by atoms with E-state index in [9.17, 15) is 4.79 Å². The molecule has 0 aliphatic carbocycles. The third-order valence-electron chi connectivity index (χ3n) is 3.49. The minimum Gasteiger partial charge on any atom is -0.491 e. The van der Waals surface area contributed by atoms with E-state index in [2.05, 4.69) is 10.3 Å². The summed E-state index contributed by atoms with van der Waals surface area (Å²) in [5.74, 6) is 0.891. The Bertz CT molecular complexity index is 609. The standard InChI is InChI=1S/C19H24N2O2/c1-14(2)23-18-9-7-17(8-10-18)15(3)21-19(22)11-6-16-5-4-12-20-13-16/h4-5,7-10,12-15H,6,11H2,1-3H3,(H,21,22). The number of carbonyl (C=O) groups is 1. The fourth-order valence-electron chi connectivity index (χ4n) is 2.31. The first-order valence-corrected chi connectivity index (χ1v) is 7.99. The van der Waals surface area contributed by atoms with Crippen LogP contribution in [0, 0.1) is 0 Å². The normalized spacial score (nSPS) is 12.0. The lowest BCUT2D eigenvalue weighted by Crippen LogP contribution is -2.26. The van der Waals surface area contributed by atoms with Crippen molar-refractivity contribution in [2.75, 3.05) is 0 Å². The maximum atomic E-state index is 12.1. The average Bonchev–Trinajstić information content (AvgIpc) is 2.54. The lowest BCUT2D eigenvalue weighted by atomic mass is 10.1. The van der Waals surface area contributed by atoms with Gasteiger partial charge in [0, 0.05) is 18.8 Å². The summed E-state index contributed by atoms with van der Waals surface area (Å²) in [7, 11) is 0. The van der Waals surface area contributed by atoms with Gasteiger partial charge < -0.3 is 10.1 Å². The van der Waals surface area contributed by atoms with E-state index in [4.69, 9.17) is 4.74 Å². The topological polar surface area (TPSA) is 51.2 Å². The molecule has 0 spiro atoms. The van der Waals surface area contributed by atoms with Crippen LogP contribution < -0.4 is 10.1 Å². The molecule has 1 unspecified atom stereocenters. The SMILES string of the molecule is CC(C)Oc1ccc(C(C)NC(=O)CCc2cccnc2)cc1. The van der Waals surface area contributed by atoms with Crippen LogP contribution in [0.2, 0.25) is 0 Å². The van der Waals surface area contributed by atoms with Crippen LogP contribution in [0.4, 0.5) is 0 Å². The van der Waals surface area contributed by atoms with Gasteiger partial charge in [0.25, 0.3) is 0 Å². The summed E-state index contributed by atoms with van der Waals surface area (Å²) in [6.07, 6.45) is 4.85. The zero-order chi connectivity index (χ0) is 16.7. The lowest BCUT2D eigenvalue weighted by Gasteiger charge is -2.16. The minimum atomic E-state index is -0.0236. The van der Waals surface area contributed by atoms with Gasteiger partial charge in [0.2, 0.25) is 5.91 Å². The molecule has 23 heavy (non-hydrogen) atoms. The Morgan fingerprint density at radius 2 is 1.91 bits per heavy atom. The van der Waals surface area contributed by atoms with Crippen molar-refractivity contribution in [2.45, 2.75) is 45.8 Å². The molecule has 1 aromatic heterocycles. The van der Waals surface area contributed by atoms with E-state index in [1.807, 2.05) is 57.2 Å². The van der Waals surface area contributed by atoms with Gasteiger partial charge in [0.05, 0.1) is 12.1 Å². The van der Waals surface area contributed by atoms with Gasteiger partial charge in [-0.3, -0.25) is 9.78 Å².